The van der Waals surface area contributed by atoms with Crippen molar-refractivity contribution in [2.45, 2.75) is 13.8 Å². The summed E-state index contributed by atoms with van der Waals surface area (Å²) in [6.45, 7) is 5.09. The van der Waals surface area contributed by atoms with Gasteiger partial charge >= 0.3 is 0 Å². The maximum absolute atomic E-state index is 13.4. The quantitative estimate of drug-likeness (QED) is 0.402. The second kappa shape index (κ2) is 10.2. The van der Waals surface area contributed by atoms with Crippen molar-refractivity contribution in [3.05, 3.63) is 89.3 Å². The van der Waals surface area contributed by atoms with Crippen LogP contribution in [0.1, 0.15) is 19.4 Å². The summed E-state index contributed by atoms with van der Waals surface area (Å²) >= 11 is 1.37. The van der Waals surface area contributed by atoms with E-state index in [0.717, 1.165) is 28.4 Å². The molecule has 0 atom stereocenters. The van der Waals surface area contributed by atoms with Crippen LogP contribution in [0.4, 0.5) is 11.4 Å². The van der Waals surface area contributed by atoms with Crippen LogP contribution < -0.4 is 14.4 Å². The van der Waals surface area contributed by atoms with Gasteiger partial charge in [0.25, 0.3) is 5.91 Å². The van der Waals surface area contributed by atoms with Gasteiger partial charge < -0.3 is 9.47 Å². The van der Waals surface area contributed by atoms with Gasteiger partial charge in [0.1, 0.15) is 11.5 Å². The number of thioether (sulfide) groups is 1. The number of hydrogen-bond donors (Lipinski definition) is 0. The summed E-state index contributed by atoms with van der Waals surface area (Å²) in [5, 5.41) is 0.602. The molecule has 0 spiro atoms. The number of nitrogens with zero attached hydrogens (tertiary/aromatic N) is 2. The molecule has 1 fully saturated rings. The van der Waals surface area contributed by atoms with Gasteiger partial charge in [-0.15, -0.1) is 0 Å². The van der Waals surface area contributed by atoms with Crippen LogP contribution in [-0.4, -0.2) is 24.3 Å². The summed E-state index contributed by atoms with van der Waals surface area (Å²) in [7, 11) is 0. The van der Waals surface area contributed by atoms with E-state index in [4.69, 9.17) is 14.5 Å². The Kier molecular flexibility index (Phi) is 6.92. The molecule has 0 radical (unpaired) electrons. The monoisotopic (exact) mass is 444 g/mol. The minimum absolute atomic E-state index is 0.104. The van der Waals surface area contributed by atoms with Crippen LogP contribution >= 0.6 is 11.8 Å². The molecule has 32 heavy (non-hydrogen) atoms. The van der Waals surface area contributed by atoms with Crippen molar-refractivity contribution in [1.29, 1.82) is 0 Å². The Labute approximate surface area is 192 Å². The average Bonchev–Trinajstić information content (AvgIpc) is 3.11. The summed E-state index contributed by atoms with van der Waals surface area (Å²) in [6.07, 6.45) is 1.90. The average molecular weight is 445 g/mol. The zero-order valence-electron chi connectivity index (χ0n) is 18.0. The molecule has 0 aliphatic carbocycles. The van der Waals surface area contributed by atoms with Crippen LogP contribution in [0.15, 0.2) is 88.8 Å². The molecule has 1 amide bonds. The third-order valence-electron chi connectivity index (χ3n) is 4.68. The number of hydrogen-bond acceptors (Lipinski definition) is 5. The maximum Gasteiger partial charge on any atom is 0.271 e. The van der Waals surface area contributed by atoms with E-state index in [-0.39, 0.29) is 5.91 Å². The predicted molar refractivity (Wildman–Crippen MR) is 132 cm³/mol. The molecule has 0 bridgehead atoms. The van der Waals surface area contributed by atoms with Crippen molar-refractivity contribution in [1.82, 2.24) is 0 Å². The molecule has 3 aromatic rings. The zero-order chi connectivity index (χ0) is 22.3. The Hall–Kier alpha value is -3.51. The summed E-state index contributed by atoms with van der Waals surface area (Å²) < 4.78 is 11.1. The lowest BCUT2D eigenvalue weighted by molar-refractivity contribution is -0.113. The molecule has 1 aliphatic heterocycles. The summed E-state index contributed by atoms with van der Waals surface area (Å²) in [4.78, 5) is 20.4. The van der Waals surface area contributed by atoms with Gasteiger partial charge in [-0.25, -0.2) is 4.99 Å². The standard InChI is InChI=1S/C26H24N2O3S/c1-3-30-22-14-10-20(11-15-22)27-26-28(21-12-16-23(17-13-21)31-4-2)25(29)24(32-26)18-19-8-6-5-7-9-19/h5-18H,3-4H2,1-2H3. The van der Waals surface area contributed by atoms with Crippen molar-refractivity contribution in [2.24, 2.45) is 4.99 Å². The molecule has 0 saturated carbocycles. The Bertz CT molecular complexity index is 1120. The Balaban J connectivity index is 1.70. The smallest absolute Gasteiger partial charge is 0.271 e. The van der Waals surface area contributed by atoms with Gasteiger partial charge in [-0.1, -0.05) is 30.3 Å². The van der Waals surface area contributed by atoms with Gasteiger partial charge in [-0.2, -0.15) is 0 Å². The van der Waals surface area contributed by atoms with Gasteiger partial charge in [0.05, 0.1) is 29.5 Å². The van der Waals surface area contributed by atoms with Crippen molar-refractivity contribution in [3.8, 4) is 11.5 Å². The van der Waals surface area contributed by atoms with Crippen molar-refractivity contribution in [2.75, 3.05) is 18.1 Å². The molecule has 1 aliphatic rings. The maximum atomic E-state index is 13.4. The Morgan fingerprint density at radius 3 is 2.03 bits per heavy atom. The summed E-state index contributed by atoms with van der Waals surface area (Å²) in [5.74, 6) is 1.45. The van der Waals surface area contributed by atoms with Crippen molar-refractivity contribution < 1.29 is 14.3 Å². The number of aliphatic imine (C=N–C) groups is 1. The topological polar surface area (TPSA) is 51.1 Å². The van der Waals surface area contributed by atoms with Crippen molar-refractivity contribution >= 4 is 40.3 Å². The van der Waals surface area contributed by atoms with E-state index in [2.05, 4.69) is 0 Å². The lowest BCUT2D eigenvalue weighted by Gasteiger charge is -2.16. The molecule has 5 nitrogen and oxygen atoms in total. The number of amides is 1. The van der Waals surface area contributed by atoms with Gasteiger partial charge in [-0.3, -0.25) is 9.69 Å². The summed E-state index contributed by atoms with van der Waals surface area (Å²) in [6, 6.07) is 24.8. The highest BCUT2D eigenvalue weighted by Crippen LogP contribution is 2.38. The third kappa shape index (κ3) is 5.03. The fourth-order valence-electron chi connectivity index (χ4n) is 3.23. The highest BCUT2D eigenvalue weighted by Gasteiger charge is 2.34. The molecule has 6 heteroatoms. The first kappa shape index (κ1) is 21.7. The molecular formula is C26H24N2O3S. The van der Waals surface area contributed by atoms with E-state index in [1.807, 2.05) is 98.8 Å². The normalized spacial score (nSPS) is 16.1. The minimum Gasteiger partial charge on any atom is -0.494 e. The number of amidine groups is 1. The fraction of sp³-hybridized carbons (Fsp3) is 0.154. The van der Waals surface area contributed by atoms with Gasteiger partial charge in [0.15, 0.2) is 5.17 Å². The predicted octanol–water partition coefficient (Wildman–Crippen LogP) is 6.29. The first-order valence-electron chi connectivity index (χ1n) is 10.5. The summed E-state index contributed by atoms with van der Waals surface area (Å²) in [5.41, 5.74) is 2.46. The molecule has 3 aromatic carbocycles. The Morgan fingerprint density at radius 2 is 1.44 bits per heavy atom. The largest absolute Gasteiger partial charge is 0.494 e. The van der Waals surface area contributed by atoms with Gasteiger partial charge in [-0.05, 0) is 85.8 Å². The van der Waals surface area contributed by atoms with Crippen LogP contribution in [0.25, 0.3) is 6.08 Å². The molecule has 0 aromatic heterocycles. The molecule has 0 unspecified atom stereocenters. The van der Waals surface area contributed by atoms with Gasteiger partial charge in [0, 0.05) is 0 Å². The number of rotatable bonds is 7. The second-order valence-electron chi connectivity index (χ2n) is 6.91. The molecular weight excluding hydrogens is 420 g/mol. The molecule has 4 rings (SSSR count). The number of benzene rings is 3. The molecule has 0 N–H and O–H groups in total. The number of carbonyl (C=O) groups is 1. The fourth-order valence-corrected chi connectivity index (χ4v) is 4.23. The van der Waals surface area contributed by atoms with E-state index in [1.54, 1.807) is 4.90 Å². The van der Waals surface area contributed by atoms with E-state index >= 15 is 0 Å². The number of ether oxygens (including phenoxy) is 2. The van der Waals surface area contributed by atoms with Crippen LogP contribution in [0.3, 0.4) is 0 Å². The first-order chi connectivity index (χ1) is 15.7. The highest BCUT2D eigenvalue weighted by atomic mass is 32.2. The second-order valence-corrected chi connectivity index (χ2v) is 7.92. The van der Waals surface area contributed by atoms with Crippen LogP contribution in [0.2, 0.25) is 0 Å². The van der Waals surface area contributed by atoms with Crippen molar-refractivity contribution in [3.63, 3.8) is 0 Å². The minimum atomic E-state index is -0.104. The van der Waals surface area contributed by atoms with E-state index < -0.39 is 0 Å². The van der Waals surface area contributed by atoms with Gasteiger partial charge in [0.2, 0.25) is 0 Å². The van der Waals surface area contributed by atoms with Crippen LogP contribution in [0.5, 0.6) is 11.5 Å². The molecule has 1 saturated heterocycles. The highest BCUT2D eigenvalue weighted by molar-refractivity contribution is 8.19. The van der Waals surface area contributed by atoms with Crippen LogP contribution in [-0.2, 0) is 4.79 Å². The number of carbonyl (C=O) groups excluding carboxylic acids is 1. The zero-order valence-corrected chi connectivity index (χ0v) is 18.8. The molecule has 1 heterocycles. The van der Waals surface area contributed by atoms with Crippen LogP contribution in [0, 0.1) is 0 Å². The lowest BCUT2D eigenvalue weighted by atomic mass is 10.2. The van der Waals surface area contributed by atoms with E-state index in [0.29, 0.717) is 23.3 Å². The Morgan fingerprint density at radius 1 is 0.844 bits per heavy atom. The van der Waals surface area contributed by atoms with E-state index in [1.165, 1.54) is 11.8 Å². The third-order valence-corrected chi connectivity index (χ3v) is 5.65. The number of anilines is 1. The molecule has 162 valence electrons. The van der Waals surface area contributed by atoms with E-state index in [9.17, 15) is 4.79 Å². The SMILES string of the molecule is CCOc1ccc(N=C2SC(=Cc3ccccc3)C(=O)N2c2ccc(OCC)cc2)cc1. The lowest BCUT2D eigenvalue weighted by Crippen LogP contribution is -2.28. The first-order valence-corrected chi connectivity index (χ1v) is 11.3.